The van der Waals surface area contributed by atoms with Gasteiger partial charge in [-0.2, -0.15) is 0 Å². The van der Waals surface area contributed by atoms with E-state index >= 15 is 0 Å². The summed E-state index contributed by atoms with van der Waals surface area (Å²) in [6.07, 6.45) is 2.08. The van der Waals surface area contributed by atoms with E-state index in [1.807, 2.05) is 13.8 Å². The van der Waals surface area contributed by atoms with Gasteiger partial charge in [0.15, 0.2) is 5.96 Å². The van der Waals surface area contributed by atoms with Crippen LogP contribution in [0.25, 0.3) is 0 Å². The smallest absolute Gasteiger partial charge is 0.191 e. The van der Waals surface area contributed by atoms with Gasteiger partial charge in [-0.1, -0.05) is 17.7 Å². The van der Waals surface area contributed by atoms with E-state index in [-0.39, 0.29) is 18.0 Å². The molecule has 0 aliphatic carbocycles. The molecule has 0 aromatic heterocycles. The number of ether oxygens (including phenoxy) is 2. The van der Waals surface area contributed by atoms with Gasteiger partial charge in [-0.25, -0.2) is 4.39 Å². The van der Waals surface area contributed by atoms with Crippen molar-refractivity contribution in [3.05, 3.63) is 34.6 Å². The number of nitrogens with zero attached hydrogens (tertiary/aromatic N) is 2. The van der Waals surface area contributed by atoms with Crippen molar-refractivity contribution in [2.24, 2.45) is 4.99 Å². The zero-order valence-corrected chi connectivity index (χ0v) is 18.5. The lowest BCUT2D eigenvalue weighted by Gasteiger charge is -2.38. The molecular weight excluding hydrogens is 395 g/mol. The summed E-state index contributed by atoms with van der Waals surface area (Å²) in [7, 11) is 1.73. The number of unbranched alkanes of at least 4 members (excludes halogenated alkanes) is 1. The second-order valence-electron chi connectivity index (χ2n) is 7.11. The number of benzene rings is 1. The van der Waals surface area contributed by atoms with E-state index in [2.05, 4.69) is 20.5 Å². The van der Waals surface area contributed by atoms with Gasteiger partial charge in [0.25, 0.3) is 0 Å². The molecule has 8 heteroatoms. The molecule has 0 bridgehead atoms. The number of guanidine groups is 1. The summed E-state index contributed by atoms with van der Waals surface area (Å²) in [6, 6.07) is 4.62. The normalized spacial score (nSPS) is 19.2. The van der Waals surface area contributed by atoms with Crippen molar-refractivity contribution >= 4 is 17.6 Å². The molecule has 1 aromatic rings. The van der Waals surface area contributed by atoms with Gasteiger partial charge in [0, 0.05) is 57.0 Å². The first-order valence-corrected chi connectivity index (χ1v) is 10.8. The van der Waals surface area contributed by atoms with E-state index in [1.165, 1.54) is 6.07 Å². The molecule has 0 amide bonds. The SMILES string of the molecule is CCOCCCCNC(=NC)NCC(c1c(F)cccc1Cl)N1CCOC(C)C1. The average molecular weight is 429 g/mol. The number of morpholine rings is 1. The predicted molar refractivity (Wildman–Crippen MR) is 116 cm³/mol. The van der Waals surface area contributed by atoms with Gasteiger partial charge in [0.1, 0.15) is 5.82 Å². The number of halogens is 2. The maximum atomic E-state index is 14.7. The average Bonchev–Trinajstić information content (AvgIpc) is 2.71. The molecule has 6 nitrogen and oxygen atoms in total. The van der Waals surface area contributed by atoms with Crippen LogP contribution in [0.5, 0.6) is 0 Å². The zero-order chi connectivity index (χ0) is 21.1. The first-order valence-electron chi connectivity index (χ1n) is 10.4. The van der Waals surface area contributed by atoms with Crippen LogP contribution in [0.15, 0.2) is 23.2 Å². The lowest BCUT2D eigenvalue weighted by Crippen LogP contribution is -2.48. The van der Waals surface area contributed by atoms with Gasteiger partial charge < -0.3 is 20.1 Å². The summed E-state index contributed by atoms with van der Waals surface area (Å²) in [5, 5.41) is 7.08. The fourth-order valence-electron chi connectivity index (χ4n) is 3.47. The topological polar surface area (TPSA) is 58.1 Å². The lowest BCUT2D eigenvalue weighted by atomic mass is 10.0. The zero-order valence-electron chi connectivity index (χ0n) is 17.7. The van der Waals surface area contributed by atoms with Crippen LogP contribution in [0.1, 0.15) is 38.3 Å². The van der Waals surface area contributed by atoms with Crippen LogP contribution in [-0.2, 0) is 9.47 Å². The van der Waals surface area contributed by atoms with Crippen LogP contribution in [0.2, 0.25) is 5.02 Å². The Morgan fingerprint density at radius 1 is 1.41 bits per heavy atom. The summed E-state index contributed by atoms with van der Waals surface area (Å²) in [6.45, 7) is 8.91. The number of hydrogen-bond donors (Lipinski definition) is 2. The number of aliphatic imine (C=N–C) groups is 1. The Morgan fingerprint density at radius 2 is 2.24 bits per heavy atom. The van der Waals surface area contributed by atoms with E-state index in [4.69, 9.17) is 21.1 Å². The first kappa shape index (κ1) is 23.9. The van der Waals surface area contributed by atoms with Crippen molar-refractivity contribution in [1.82, 2.24) is 15.5 Å². The van der Waals surface area contributed by atoms with E-state index < -0.39 is 0 Å². The number of rotatable bonds is 10. The maximum absolute atomic E-state index is 14.7. The Hall–Kier alpha value is -1.41. The first-order chi connectivity index (χ1) is 14.1. The molecule has 0 saturated carbocycles. The molecule has 2 unspecified atom stereocenters. The van der Waals surface area contributed by atoms with Crippen molar-refractivity contribution in [3.8, 4) is 0 Å². The fraction of sp³-hybridized carbons (Fsp3) is 0.667. The van der Waals surface area contributed by atoms with Gasteiger partial charge in [0.05, 0.1) is 18.8 Å². The molecule has 0 radical (unpaired) electrons. The molecule has 2 rings (SSSR count). The van der Waals surface area contributed by atoms with Crippen molar-refractivity contribution in [1.29, 1.82) is 0 Å². The second-order valence-corrected chi connectivity index (χ2v) is 7.52. The van der Waals surface area contributed by atoms with Crippen molar-refractivity contribution in [2.45, 2.75) is 38.8 Å². The van der Waals surface area contributed by atoms with Crippen molar-refractivity contribution < 1.29 is 13.9 Å². The van der Waals surface area contributed by atoms with Crippen LogP contribution in [0.4, 0.5) is 4.39 Å². The van der Waals surface area contributed by atoms with Crippen LogP contribution >= 0.6 is 11.6 Å². The van der Waals surface area contributed by atoms with Gasteiger partial charge >= 0.3 is 0 Å². The van der Waals surface area contributed by atoms with Crippen LogP contribution < -0.4 is 10.6 Å². The highest BCUT2D eigenvalue weighted by Gasteiger charge is 2.29. The number of nitrogens with one attached hydrogen (secondary N) is 2. The molecule has 1 aromatic carbocycles. The Balaban J connectivity index is 2.00. The Bertz CT molecular complexity index is 627. The molecule has 1 fully saturated rings. The van der Waals surface area contributed by atoms with Gasteiger partial charge in [-0.3, -0.25) is 9.89 Å². The van der Waals surface area contributed by atoms with Crippen LogP contribution in [0.3, 0.4) is 0 Å². The van der Waals surface area contributed by atoms with E-state index in [0.717, 1.165) is 45.7 Å². The largest absolute Gasteiger partial charge is 0.382 e. The Kier molecular flexibility index (Phi) is 10.7. The highest BCUT2D eigenvalue weighted by atomic mass is 35.5. The molecule has 0 spiro atoms. The third-order valence-corrected chi connectivity index (χ3v) is 5.27. The molecule has 2 atom stereocenters. The molecule has 1 heterocycles. The molecule has 164 valence electrons. The summed E-state index contributed by atoms with van der Waals surface area (Å²) in [5.41, 5.74) is 0.517. The van der Waals surface area contributed by atoms with Crippen molar-refractivity contribution in [2.75, 3.05) is 53.0 Å². The second kappa shape index (κ2) is 13.0. The molecule has 1 saturated heterocycles. The molecule has 1 aliphatic rings. The fourth-order valence-corrected chi connectivity index (χ4v) is 3.75. The third-order valence-electron chi connectivity index (χ3n) is 4.94. The quantitative estimate of drug-likeness (QED) is 0.340. The predicted octanol–water partition coefficient (Wildman–Crippen LogP) is 3.22. The van der Waals surface area contributed by atoms with E-state index in [1.54, 1.807) is 19.2 Å². The standard InChI is InChI=1S/C21H34ClFN4O2/c1-4-28-12-6-5-10-25-21(24-3)26-14-19(27-11-13-29-16(2)15-27)20-17(22)8-7-9-18(20)23/h7-9,16,19H,4-6,10-15H2,1-3H3,(H2,24,25,26). The minimum Gasteiger partial charge on any atom is -0.382 e. The molecular formula is C21H34ClFN4O2. The minimum atomic E-state index is -0.290. The highest BCUT2D eigenvalue weighted by molar-refractivity contribution is 6.31. The monoisotopic (exact) mass is 428 g/mol. The molecule has 29 heavy (non-hydrogen) atoms. The van der Waals surface area contributed by atoms with Gasteiger partial charge in [-0.15, -0.1) is 0 Å². The maximum Gasteiger partial charge on any atom is 0.191 e. The highest BCUT2D eigenvalue weighted by Crippen LogP contribution is 2.31. The third kappa shape index (κ3) is 7.74. The number of hydrogen-bond acceptors (Lipinski definition) is 4. The minimum absolute atomic E-state index is 0.0968. The van der Waals surface area contributed by atoms with E-state index in [0.29, 0.717) is 29.7 Å². The Morgan fingerprint density at radius 3 is 2.93 bits per heavy atom. The summed E-state index contributed by atoms with van der Waals surface area (Å²) in [4.78, 5) is 6.51. The molecule has 2 N–H and O–H groups in total. The summed E-state index contributed by atoms with van der Waals surface area (Å²) >= 11 is 6.39. The van der Waals surface area contributed by atoms with E-state index in [9.17, 15) is 4.39 Å². The van der Waals surface area contributed by atoms with Crippen molar-refractivity contribution in [3.63, 3.8) is 0 Å². The molecule has 1 aliphatic heterocycles. The lowest BCUT2D eigenvalue weighted by molar-refractivity contribution is -0.0343. The summed E-state index contributed by atoms with van der Waals surface area (Å²) < 4.78 is 25.7. The Labute approximate surface area is 178 Å². The van der Waals surface area contributed by atoms with Crippen LogP contribution in [0, 0.1) is 5.82 Å². The van der Waals surface area contributed by atoms with Crippen LogP contribution in [-0.4, -0.2) is 70.0 Å². The summed E-state index contributed by atoms with van der Waals surface area (Å²) in [5.74, 6) is 0.405. The van der Waals surface area contributed by atoms with Gasteiger partial charge in [0.2, 0.25) is 0 Å². The van der Waals surface area contributed by atoms with Gasteiger partial charge in [-0.05, 0) is 38.8 Å².